The fourth-order valence-corrected chi connectivity index (χ4v) is 3.46. The van der Waals surface area contributed by atoms with Gasteiger partial charge in [0.2, 0.25) is 0 Å². The van der Waals surface area contributed by atoms with Gasteiger partial charge in [0.15, 0.2) is 5.82 Å². The van der Waals surface area contributed by atoms with E-state index >= 15 is 0 Å². The Morgan fingerprint density at radius 1 is 1.08 bits per heavy atom. The minimum Gasteiger partial charge on any atom is -0.389 e. The molecule has 0 saturated heterocycles. The minimum absolute atomic E-state index is 0.262. The molecule has 6 heteroatoms. The highest BCUT2D eigenvalue weighted by Crippen LogP contribution is 2.25. The van der Waals surface area contributed by atoms with E-state index in [1.165, 1.54) is 11.3 Å². The zero-order valence-electron chi connectivity index (χ0n) is 14.2. The first-order valence-electron chi connectivity index (χ1n) is 8.45. The van der Waals surface area contributed by atoms with Crippen LogP contribution in [-0.2, 0) is 17.9 Å². The summed E-state index contributed by atoms with van der Waals surface area (Å²) in [4.78, 5) is 9.07. The zero-order chi connectivity index (χ0) is 17.8. The highest BCUT2D eigenvalue weighted by atomic mass is 32.1. The van der Waals surface area contributed by atoms with Crippen LogP contribution < -0.4 is 0 Å². The highest BCUT2D eigenvalue weighted by molar-refractivity contribution is 7.07. The second-order valence-corrected chi connectivity index (χ2v) is 6.78. The van der Waals surface area contributed by atoms with E-state index in [1.807, 2.05) is 64.5 Å². The van der Waals surface area contributed by atoms with E-state index in [2.05, 4.69) is 4.98 Å². The molecule has 2 aromatic heterocycles. The van der Waals surface area contributed by atoms with Gasteiger partial charge in [-0.15, -0.1) is 11.3 Å². The van der Waals surface area contributed by atoms with Crippen molar-refractivity contribution in [1.29, 1.82) is 0 Å². The van der Waals surface area contributed by atoms with Crippen LogP contribution in [0.1, 0.15) is 5.56 Å². The third kappa shape index (κ3) is 3.67. The molecule has 26 heavy (non-hydrogen) atoms. The molecule has 2 heterocycles. The fraction of sp³-hybridized carbons (Fsp3) is 0.200. The molecule has 5 nitrogen and oxygen atoms in total. The Morgan fingerprint density at radius 3 is 2.69 bits per heavy atom. The maximum Gasteiger partial charge on any atom is 0.160 e. The van der Waals surface area contributed by atoms with Crippen molar-refractivity contribution in [3.8, 4) is 11.5 Å². The smallest absolute Gasteiger partial charge is 0.160 e. The molecule has 0 amide bonds. The number of nitrogens with zero attached hydrogens (tertiary/aromatic N) is 3. The number of imidazole rings is 1. The first-order chi connectivity index (χ1) is 12.8. The second-order valence-electron chi connectivity index (χ2n) is 6.06. The first-order valence-corrected chi connectivity index (χ1v) is 9.39. The molecule has 1 atom stereocenters. The normalized spacial score (nSPS) is 12.5. The quantitative estimate of drug-likeness (QED) is 0.542. The molecule has 0 saturated carbocycles. The van der Waals surface area contributed by atoms with Crippen LogP contribution >= 0.6 is 11.3 Å². The lowest BCUT2D eigenvalue weighted by Crippen LogP contribution is -2.22. The van der Waals surface area contributed by atoms with Crippen LogP contribution in [0.4, 0.5) is 0 Å². The average molecular weight is 365 g/mol. The maximum atomic E-state index is 10.5. The van der Waals surface area contributed by atoms with Gasteiger partial charge in [0.1, 0.15) is 5.69 Å². The van der Waals surface area contributed by atoms with E-state index in [1.54, 1.807) is 5.51 Å². The number of hydrogen-bond acceptors (Lipinski definition) is 5. The number of ether oxygens (including phenoxy) is 1. The van der Waals surface area contributed by atoms with Crippen molar-refractivity contribution in [2.45, 2.75) is 19.3 Å². The first kappa shape index (κ1) is 16.9. The van der Waals surface area contributed by atoms with Crippen molar-refractivity contribution in [3.05, 3.63) is 71.1 Å². The number of aliphatic hydroxyl groups excluding tert-OH is 1. The van der Waals surface area contributed by atoms with Gasteiger partial charge in [-0.3, -0.25) is 0 Å². The molecular formula is C20H19N3O2S. The van der Waals surface area contributed by atoms with Crippen LogP contribution in [0.3, 0.4) is 0 Å². The minimum atomic E-state index is -0.631. The number of aromatic nitrogens is 3. The predicted molar refractivity (Wildman–Crippen MR) is 103 cm³/mol. The summed E-state index contributed by atoms with van der Waals surface area (Å²) in [5.41, 5.74) is 5.59. The number of hydrogen-bond donors (Lipinski definition) is 1. The van der Waals surface area contributed by atoms with Gasteiger partial charge in [-0.1, -0.05) is 42.5 Å². The molecule has 0 aliphatic heterocycles. The summed E-state index contributed by atoms with van der Waals surface area (Å²) >= 11 is 1.53. The molecule has 1 N–H and O–H groups in total. The lowest BCUT2D eigenvalue weighted by molar-refractivity contribution is 0.0211. The van der Waals surface area contributed by atoms with E-state index in [0.29, 0.717) is 13.2 Å². The molecule has 0 fully saturated rings. The number of fused-ring (bicyclic) bond motifs is 1. The number of rotatable bonds is 7. The van der Waals surface area contributed by atoms with Crippen molar-refractivity contribution in [2.75, 3.05) is 6.61 Å². The van der Waals surface area contributed by atoms with Crippen molar-refractivity contribution in [3.63, 3.8) is 0 Å². The van der Waals surface area contributed by atoms with Crippen molar-refractivity contribution >= 4 is 22.4 Å². The molecule has 0 aliphatic rings. The molecule has 0 bridgehead atoms. The summed E-state index contributed by atoms with van der Waals surface area (Å²) in [6, 6.07) is 17.9. The standard InChI is InChI=1S/C20H19N3O2S/c24-16(12-25-11-15-6-2-1-3-7-15)10-23-19-9-5-4-8-17(19)22-20(23)18-13-26-14-21-18/h1-9,13-14,16,24H,10-12H2. The highest BCUT2D eigenvalue weighted by Gasteiger charge is 2.16. The molecule has 4 rings (SSSR count). The fourth-order valence-electron chi connectivity index (χ4n) is 2.93. The third-order valence-electron chi connectivity index (χ3n) is 4.13. The predicted octanol–water partition coefficient (Wildman–Crippen LogP) is 3.74. The lowest BCUT2D eigenvalue weighted by Gasteiger charge is -2.14. The number of benzene rings is 2. The molecule has 1 unspecified atom stereocenters. The maximum absolute atomic E-state index is 10.5. The van der Waals surface area contributed by atoms with Gasteiger partial charge in [0, 0.05) is 5.38 Å². The molecule has 4 aromatic rings. The molecule has 132 valence electrons. The van der Waals surface area contributed by atoms with E-state index < -0.39 is 6.10 Å². The van der Waals surface area contributed by atoms with E-state index in [0.717, 1.165) is 28.1 Å². The van der Waals surface area contributed by atoms with Gasteiger partial charge in [0.25, 0.3) is 0 Å². The van der Waals surface area contributed by atoms with Crippen molar-refractivity contribution < 1.29 is 9.84 Å². The molecule has 0 aliphatic carbocycles. The Morgan fingerprint density at radius 2 is 1.88 bits per heavy atom. The lowest BCUT2D eigenvalue weighted by atomic mass is 10.2. The van der Waals surface area contributed by atoms with E-state index in [-0.39, 0.29) is 6.61 Å². The number of aliphatic hydroxyl groups is 1. The van der Waals surface area contributed by atoms with Crippen LogP contribution in [0, 0.1) is 0 Å². The van der Waals surface area contributed by atoms with Gasteiger partial charge in [0.05, 0.1) is 42.4 Å². The summed E-state index contributed by atoms with van der Waals surface area (Å²) in [6.07, 6.45) is -0.631. The third-order valence-corrected chi connectivity index (χ3v) is 4.72. The van der Waals surface area contributed by atoms with Gasteiger partial charge in [-0.25, -0.2) is 9.97 Å². The average Bonchev–Trinajstić information content (AvgIpc) is 3.31. The monoisotopic (exact) mass is 365 g/mol. The Balaban J connectivity index is 1.50. The van der Waals surface area contributed by atoms with E-state index in [9.17, 15) is 5.11 Å². The van der Waals surface area contributed by atoms with E-state index in [4.69, 9.17) is 9.72 Å². The summed E-state index contributed by atoms with van der Waals surface area (Å²) in [5, 5.41) is 12.5. The molecule has 0 radical (unpaired) electrons. The topological polar surface area (TPSA) is 60.2 Å². The Bertz CT molecular complexity index is 967. The number of para-hydroxylation sites is 2. The molecular weight excluding hydrogens is 346 g/mol. The van der Waals surface area contributed by atoms with Crippen LogP contribution in [0.5, 0.6) is 0 Å². The molecule has 2 aromatic carbocycles. The number of thiazole rings is 1. The van der Waals surface area contributed by atoms with Crippen molar-refractivity contribution in [2.24, 2.45) is 0 Å². The Kier molecular flexibility index (Phi) is 5.06. The summed E-state index contributed by atoms with van der Waals surface area (Å²) in [6.45, 7) is 1.15. The van der Waals surface area contributed by atoms with Gasteiger partial charge < -0.3 is 14.4 Å². The van der Waals surface area contributed by atoms with Gasteiger partial charge in [-0.2, -0.15) is 0 Å². The SMILES string of the molecule is OC(COCc1ccccc1)Cn1c(-c2cscn2)nc2ccccc21. The second kappa shape index (κ2) is 7.78. The van der Waals surface area contributed by atoms with Gasteiger partial charge >= 0.3 is 0 Å². The van der Waals surface area contributed by atoms with Crippen LogP contribution in [-0.4, -0.2) is 32.4 Å². The largest absolute Gasteiger partial charge is 0.389 e. The summed E-state index contributed by atoms with van der Waals surface area (Å²) in [5.74, 6) is 0.773. The van der Waals surface area contributed by atoms with Crippen LogP contribution in [0.25, 0.3) is 22.6 Å². The van der Waals surface area contributed by atoms with Crippen LogP contribution in [0.2, 0.25) is 0 Å². The zero-order valence-corrected chi connectivity index (χ0v) is 15.0. The Labute approximate surface area is 155 Å². The van der Waals surface area contributed by atoms with Crippen molar-refractivity contribution in [1.82, 2.24) is 14.5 Å². The Hall–Kier alpha value is -2.54. The summed E-state index contributed by atoms with van der Waals surface area (Å²) < 4.78 is 7.69. The van der Waals surface area contributed by atoms with Gasteiger partial charge in [-0.05, 0) is 17.7 Å². The summed E-state index contributed by atoms with van der Waals surface area (Å²) in [7, 11) is 0. The van der Waals surface area contributed by atoms with Crippen LogP contribution in [0.15, 0.2) is 65.5 Å². The molecule has 0 spiro atoms.